The quantitative estimate of drug-likeness (QED) is 0.680. The third-order valence-corrected chi connectivity index (χ3v) is 7.59. The topological polar surface area (TPSA) is 52.6 Å². The molecule has 0 amide bonds. The van der Waals surface area contributed by atoms with Crippen molar-refractivity contribution < 1.29 is 19.1 Å². The van der Waals surface area contributed by atoms with Gasteiger partial charge in [0.05, 0.1) is 0 Å². The van der Waals surface area contributed by atoms with Crippen molar-refractivity contribution >= 4 is 11.9 Å². The fraction of sp³-hybridized carbons (Fsp3) is 0.727. The van der Waals surface area contributed by atoms with Crippen LogP contribution in [0.1, 0.15) is 65.7 Å². The molecule has 142 valence electrons. The fourth-order valence-corrected chi connectivity index (χ4v) is 6.54. The van der Waals surface area contributed by atoms with Crippen molar-refractivity contribution in [2.75, 3.05) is 0 Å². The number of carbonyl (C=O) groups is 2. The van der Waals surface area contributed by atoms with E-state index in [0.29, 0.717) is 17.8 Å². The summed E-state index contributed by atoms with van der Waals surface area (Å²) in [4.78, 5) is 22.8. The second-order valence-electron chi connectivity index (χ2n) is 8.94. The minimum Gasteiger partial charge on any atom is -0.462 e. The summed E-state index contributed by atoms with van der Waals surface area (Å²) in [5.74, 6) is 3.15. The molecule has 0 saturated heterocycles. The van der Waals surface area contributed by atoms with Crippen LogP contribution < -0.4 is 0 Å². The summed E-state index contributed by atoms with van der Waals surface area (Å²) in [6.45, 7) is 5.36. The Morgan fingerprint density at radius 2 is 1.88 bits per heavy atom. The third-order valence-electron chi connectivity index (χ3n) is 7.59. The molecule has 4 nitrogen and oxygen atoms in total. The number of rotatable bonds is 2. The molecule has 2 saturated carbocycles. The number of esters is 2. The maximum Gasteiger partial charge on any atom is 0.307 e. The number of carbonyl (C=O) groups excluding carboxylic acids is 2. The van der Waals surface area contributed by atoms with Crippen molar-refractivity contribution in [2.24, 2.45) is 29.1 Å². The first-order valence-electron chi connectivity index (χ1n) is 10.1. The number of fused-ring (bicyclic) bond motifs is 5. The Morgan fingerprint density at radius 3 is 2.62 bits per heavy atom. The fourth-order valence-electron chi connectivity index (χ4n) is 6.54. The molecular weight excluding hydrogens is 328 g/mol. The van der Waals surface area contributed by atoms with Gasteiger partial charge in [0.15, 0.2) is 0 Å². The molecule has 26 heavy (non-hydrogen) atoms. The van der Waals surface area contributed by atoms with E-state index in [2.05, 4.69) is 19.1 Å². The lowest BCUT2D eigenvalue weighted by molar-refractivity contribution is -0.155. The molecule has 0 bridgehead atoms. The Hall–Kier alpha value is -1.58. The molecule has 4 aliphatic carbocycles. The second-order valence-corrected chi connectivity index (χ2v) is 8.94. The molecule has 4 rings (SSSR count). The van der Waals surface area contributed by atoms with E-state index in [0.717, 1.165) is 43.8 Å². The van der Waals surface area contributed by atoms with Gasteiger partial charge >= 0.3 is 11.9 Å². The number of hydrogen-bond donors (Lipinski definition) is 0. The highest BCUT2D eigenvalue weighted by Crippen LogP contribution is 2.61. The summed E-state index contributed by atoms with van der Waals surface area (Å²) in [6.07, 6.45) is 12.2. The summed E-state index contributed by atoms with van der Waals surface area (Å²) < 4.78 is 11.1. The zero-order chi connectivity index (χ0) is 18.5. The summed E-state index contributed by atoms with van der Waals surface area (Å²) >= 11 is 0. The molecule has 0 aromatic heterocycles. The predicted octanol–water partition coefficient (Wildman–Crippen LogP) is 4.55. The Bertz CT molecular complexity index is 676. The lowest BCUT2D eigenvalue weighted by atomic mass is 9.53. The maximum absolute atomic E-state index is 11.5. The van der Waals surface area contributed by atoms with Crippen molar-refractivity contribution in [3.63, 3.8) is 0 Å². The van der Waals surface area contributed by atoms with Crippen LogP contribution >= 0.6 is 0 Å². The summed E-state index contributed by atoms with van der Waals surface area (Å²) in [5.41, 5.74) is 1.53. The summed E-state index contributed by atoms with van der Waals surface area (Å²) in [6, 6.07) is 0. The Balaban J connectivity index is 1.55. The van der Waals surface area contributed by atoms with Crippen LogP contribution in [0, 0.1) is 29.1 Å². The van der Waals surface area contributed by atoms with Crippen molar-refractivity contribution in [3.05, 3.63) is 23.5 Å². The van der Waals surface area contributed by atoms with E-state index in [4.69, 9.17) is 9.47 Å². The van der Waals surface area contributed by atoms with Crippen molar-refractivity contribution in [1.82, 2.24) is 0 Å². The molecule has 0 N–H and O–H groups in total. The van der Waals surface area contributed by atoms with E-state index in [1.807, 2.05) is 0 Å². The van der Waals surface area contributed by atoms with Crippen LogP contribution in [-0.2, 0) is 19.1 Å². The first-order valence-corrected chi connectivity index (χ1v) is 10.1. The molecule has 4 heteroatoms. The zero-order valence-corrected chi connectivity index (χ0v) is 16.1. The molecule has 2 fully saturated rings. The molecule has 4 aliphatic rings. The highest BCUT2D eigenvalue weighted by Gasteiger charge is 2.56. The van der Waals surface area contributed by atoms with Crippen LogP contribution in [0.4, 0.5) is 0 Å². The average Bonchev–Trinajstić information content (AvgIpc) is 2.90. The Kier molecular flexibility index (Phi) is 4.48. The standard InChI is InChI=1S/C22H30O4/c1-13(23)25-16-5-7-17-15(12-16)4-6-19-18(17)10-11-22(3)20(19)8-9-21(22)26-14(2)24/h4,12,17-21H,5-11H2,1-3H3/t17-,18+,19+,20-,21-,22-/m0/s1. The van der Waals surface area contributed by atoms with E-state index in [-0.39, 0.29) is 23.5 Å². The van der Waals surface area contributed by atoms with Crippen LogP contribution in [0.3, 0.4) is 0 Å². The van der Waals surface area contributed by atoms with Gasteiger partial charge in [0, 0.05) is 25.7 Å². The van der Waals surface area contributed by atoms with Crippen LogP contribution in [0.5, 0.6) is 0 Å². The molecule has 0 heterocycles. The highest BCUT2D eigenvalue weighted by molar-refractivity contribution is 5.67. The monoisotopic (exact) mass is 358 g/mol. The lowest BCUT2D eigenvalue weighted by Gasteiger charge is -2.52. The molecule has 0 spiro atoms. The van der Waals surface area contributed by atoms with Gasteiger partial charge in [-0.25, -0.2) is 0 Å². The van der Waals surface area contributed by atoms with Gasteiger partial charge in [-0.3, -0.25) is 9.59 Å². The van der Waals surface area contributed by atoms with Crippen LogP contribution in [-0.4, -0.2) is 18.0 Å². The van der Waals surface area contributed by atoms with E-state index in [9.17, 15) is 9.59 Å². The minimum atomic E-state index is -0.222. The average molecular weight is 358 g/mol. The molecule has 6 atom stereocenters. The van der Waals surface area contributed by atoms with Crippen LogP contribution in [0.15, 0.2) is 23.5 Å². The van der Waals surface area contributed by atoms with E-state index < -0.39 is 0 Å². The third kappa shape index (κ3) is 2.91. The van der Waals surface area contributed by atoms with E-state index in [1.165, 1.54) is 32.3 Å². The van der Waals surface area contributed by atoms with Crippen molar-refractivity contribution in [2.45, 2.75) is 71.8 Å². The number of allylic oxidation sites excluding steroid dienone is 4. The molecule has 0 aromatic rings. The van der Waals surface area contributed by atoms with Gasteiger partial charge in [0.1, 0.15) is 11.9 Å². The van der Waals surface area contributed by atoms with Gasteiger partial charge in [-0.1, -0.05) is 13.0 Å². The second kappa shape index (κ2) is 6.54. The van der Waals surface area contributed by atoms with Gasteiger partial charge < -0.3 is 9.47 Å². The molecule has 0 aromatic carbocycles. The molecular formula is C22H30O4. The zero-order valence-electron chi connectivity index (χ0n) is 16.1. The molecule has 0 radical (unpaired) electrons. The Morgan fingerprint density at radius 1 is 1.08 bits per heavy atom. The minimum absolute atomic E-state index is 0.0955. The normalized spacial score (nSPS) is 41.1. The van der Waals surface area contributed by atoms with Gasteiger partial charge in [0.25, 0.3) is 0 Å². The predicted molar refractivity (Wildman–Crippen MR) is 97.9 cm³/mol. The molecule has 0 aliphatic heterocycles. The number of ether oxygens (including phenoxy) is 2. The molecule has 0 unspecified atom stereocenters. The smallest absolute Gasteiger partial charge is 0.307 e. The van der Waals surface area contributed by atoms with E-state index >= 15 is 0 Å². The highest BCUT2D eigenvalue weighted by atomic mass is 16.5. The van der Waals surface area contributed by atoms with E-state index in [1.54, 1.807) is 0 Å². The van der Waals surface area contributed by atoms with Gasteiger partial charge in [0.2, 0.25) is 0 Å². The summed E-state index contributed by atoms with van der Waals surface area (Å²) in [7, 11) is 0. The van der Waals surface area contributed by atoms with Gasteiger partial charge in [-0.2, -0.15) is 0 Å². The van der Waals surface area contributed by atoms with Crippen LogP contribution in [0.2, 0.25) is 0 Å². The Labute approximate surface area is 156 Å². The SMILES string of the molecule is CC(=O)OC1=CC2=CC[C@@H]3[C@H](CC[C@]4(C)[C@@H](OC(C)=O)CC[C@@H]34)[C@H]2CC1. The lowest BCUT2D eigenvalue weighted by Crippen LogP contribution is -2.47. The van der Waals surface area contributed by atoms with Crippen molar-refractivity contribution in [3.8, 4) is 0 Å². The number of hydrogen-bond acceptors (Lipinski definition) is 4. The summed E-state index contributed by atoms with van der Waals surface area (Å²) in [5, 5.41) is 0. The van der Waals surface area contributed by atoms with Gasteiger partial charge in [-0.05, 0) is 73.8 Å². The first-order chi connectivity index (χ1) is 12.4. The van der Waals surface area contributed by atoms with Crippen LogP contribution in [0.25, 0.3) is 0 Å². The largest absolute Gasteiger partial charge is 0.462 e. The first kappa shape index (κ1) is 17.8. The van der Waals surface area contributed by atoms with Crippen molar-refractivity contribution in [1.29, 1.82) is 0 Å². The van der Waals surface area contributed by atoms with Gasteiger partial charge in [-0.15, -0.1) is 0 Å². The maximum atomic E-state index is 11.5.